The number of alkyl carbamates (subject to hydrolysis) is 1. The molecule has 1 atom stereocenters. The maximum Gasteiger partial charge on any atom is 0.414 e. The highest BCUT2D eigenvalue weighted by molar-refractivity contribution is 8.00. The largest absolute Gasteiger partial charge is 0.444 e. The number of likely N-dealkylation sites (tertiary alicyclic amines) is 1. The summed E-state index contributed by atoms with van der Waals surface area (Å²) in [6, 6.07) is 5.64. The second-order valence-electron chi connectivity index (χ2n) is 8.70. The van der Waals surface area contributed by atoms with Gasteiger partial charge < -0.3 is 20.1 Å². The van der Waals surface area contributed by atoms with Crippen LogP contribution in [0.25, 0.3) is 0 Å². The zero-order valence-electron chi connectivity index (χ0n) is 17.3. The summed E-state index contributed by atoms with van der Waals surface area (Å²) in [5, 5.41) is 5.69. The molecule has 4 rings (SSSR count). The molecular weight excluding hydrogens is 408 g/mol. The fourth-order valence-corrected chi connectivity index (χ4v) is 4.43. The van der Waals surface area contributed by atoms with Crippen LogP contribution >= 0.6 is 11.8 Å². The van der Waals surface area contributed by atoms with Crippen LogP contribution in [0.5, 0.6) is 0 Å². The number of hydrogen-bond donors (Lipinski definition) is 2. The highest BCUT2D eigenvalue weighted by Crippen LogP contribution is 2.35. The first-order valence-electron chi connectivity index (χ1n) is 9.93. The summed E-state index contributed by atoms with van der Waals surface area (Å²) in [4.78, 5) is 40.5. The molecule has 1 aromatic carbocycles. The highest BCUT2D eigenvalue weighted by atomic mass is 32.2. The van der Waals surface area contributed by atoms with Crippen LogP contribution in [0.15, 0.2) is 23.1 Å². The molecule has 3 aliphatic rings. The molecule has 1 aromatic rings. The lowest BCUT2D eigenvalue weighted by Gasteiger charge is -2.40. The molecule has 30 heavy (non-hydrogen) atoms. The first kappa shape index (κ1) is 20.8. The van der Waals surface area contributed by atoms with Gasteiger partial charge in [0.05, 0.1) is 24.0 Å². The average molecular weight is 435 g/mol. The van der Waals surface area contributed by atoms with Gasteiger partial charge in [0, 0.05) is 30.2 Å². The average Bonchev–Trinajstić information content (AvgIpc) is 2.98. The van der Waals surface area contributed by atoms with E-state index in [1.807, 2.05) is 39.0 Å². The summed E-state index contributed by atoms with van der Waals surface area (Å²) in [6.07, 6.45) is -1.05. The number of carbonyl (C=O) groups is 3. The van der Waals surface area contributed by atoms with Crippen molar-refractivity contribution >= 4 is 41.2 Å². The van der Waals surface area contributed by atoms with Gasteiger partial charge in [-0.3, -0.25) is 14.6 Å². The lowest BCUT2D eigenvalue weighted by molar-refractivity contribution is -0.113. The van der Waals surface area contributed by atoms with E-state index in [0.29, 0.717) is 37.6 Å². The molecule has 0 unspecified atom stereocenters. The van der Waals surface area contributed by atoms with Crippen molar-refractivity contribution in [1.82, 2.24) is 10.2 Å². The highest BCUT2D eigenvalue weighted by Gasteiger charge is 2.37. The van der Waals surface area contributed by atoms with E-state index in [0.717, 1.165) is 10.6 Å². The molecule has 3 aliphatic heterocycles. The molecule has 2 saturated heterocycles. The van der Waals surface area contributed by atoms with E-state index in [-0.39, 0.29) is 18.1 Å². The van der Waals surface area contributed by atoms with Crippen LogP contribution in [0.2, 0.25) is 0 Å². The van der Waals surface area contributed by atoms with Crippen molar-refractivity contribution in [2.75, 3.05) is 42.1 Å². The predicted molar refractivity (Wildman–Crippen MR) is 113 cm³/mol. The Morgan fingerprint density at radius 1 is 1.30 bits per heavy atom. The SMILES string of the molecule is CC(C)(C)OC(=O)NC1CN(C[C@@H]2CN(c3ccc4c(c3)NC(=O)CS4)C(=O)O2)C1. The van der Waals surface area contributed by atoms with Crippen LogP contribution in [0, 0.1) is 0 Å². The molecule has 0 aromatic heterocycles. The number of thioether (sulfide) groups is 1. The summed E-state index contributed by atoms with van der Waals surface area (Å²) >= 11 is 1.48. The maximum atomic E-state index is 12.4. The molecule has 10 heteroatoms. The van der Waals surface area contributed by atoms with Gasteiger partial charge in [0.25, 0.3) is 0 Å². The number of hydrogen-bond acceptors (Lipinski definition) is 7. The van der Waals surface area contributed by atoms with Gasteiger partial charge in [0.1, 0.15) is 11.7 Å². The second kappa shape index (κ2) is 7.99. The lowest BCUT2D eigenvalue weighted by Crippen LogP contribution is -2.61. The van der Waals surface area contributed by atoms with Gasteiger partial charge >= 0.3 is 12.2 Å². The predicted octanol–water partition coefficient (Wildman–Crippen LogP) is 2.26. The standard InChI is InChI=1S/C20H26N4O5S/c1-20(2,3)29-18(26)21-12-7-23(8-12)9-14-10-24(19(27)28-14)13-4-5-16-15(6-13)22-17(25)11-30-16/h4-6,12,14H,7-11H2,1-3H3,(H,21,26)(H,22,25)/t14-/m1/s1. The van der Waals surface area contributed by atoms with Crippen molar-refractivity contribution in [1.29, 1.82) is 0 Å². The molecule has 3 amide bonds. The Kier molecular flexibility index (Phi) is 5.54. The number of carbonyl (C=O) groups excluding carboxylic acids is 3. The fraction of sp³-hybridized carbons (Fsp3) is 0.550. The smallest absolute Gasteiger partial charge is 0.414 e. The Morgan fingerprint density at radius 2 is 2.07 bits per heavy atom. The molecule has 0 bridgehead atoms. The van der Waals surface area contributed by atoms with Gasteiger partial charge in [-0.2, -0.15) is 0 Å². The minimum atomic E-state index is -0.521. The second-order valence-corrected chi connectivity index (χ2v) is 9.71. The first-order chi connectivity index (χ1) is 14.2. The van der Waals surface area contributed by atoms with Crippen LogP contribution in [-0.2, 0) is 14.3 Å². The topological polar surface area (TPSA) is 100 Å². The minimum Gasteiger partial charge on any atom is -0.444 e. The van der Waals surface area contributed by atoms with Gasteiger partial charge in [-0.25, -0.2) is 9.59 Å². The number of anilines is 2. The summed E-state index contributed by atoms with van der Waals surface area (Å²) < 4.78 is 10.8. The van der Waals surface area contributed by atoms with E-state index in [9.17, 15) is 14.4 Å². The van der Waals surface area contributed by atoms with Crippen molar-refractivity contribution in [3.05, 3.63) is 18.2 Å². The molecule has 0 spiro atoms. The number of rotatable bonds is 4. The lowest BCUT2D eigenvalue weighted by atomic mass is 10.1. The summed E-state index contributed by atoms with van der Waals surface area (Å²) in [5.74, 6) is 0.360. The van der Waals surface area contributed by atoms with Gasteiger partial charge in [0.15, 0.2) is 0 Å². The number of fused-ring (bicyclic) bond motifs is 1. The van der Waals surface area contributed by atoms with Crippen molar-refractivity contribution in [2.45, 2.75) is 43.4 Å². The third-order valence-electron chi connectivity index (χ3n) is 4.92. The molecule has 0 radical (unpaired) electrons. The number of cyclic esters (lactones) is 1. The summed E-state index contributed by atoms with van der Waals surface area (Å²) in [6.45, 7) is 7.91. The van der Waals surface area contributed by atoms with Crippen molar-refractivity contribution in [3.63, 3.8) is 0 Å². The Bertz CT molecular complexity index is 865. The van der Waals surface area contributed by atoms with Gasteiger partial charge in [-0.15, -0.1) is 11.8 Å². The minimum absolute atomic E-state index is 0.0369. The fourth-order valence-electron chi connectivity index (χ4n) is 3.64. The third-order valence-corrected chi connectivity index (χ3v) is 6.00. The number of nitrogens with zero attached hydrogens (tertiary/aromatic N) is 2. The number of amides is 3. The Morgan fingerprint density at radius 3 is 2.80 bits per heavy atom. The number of nitrogens with one attached hydrogen (secondary N) is 2. The molecule has 162 valence electrons. The normalized spacial score (nSPS) is 22.1. The molecule has 2 fully saturated rings. The summed E-state index contributed by atoms with van der Waals surface area (Å²) in [7, 11) is 0. The molecule has 2 N–H and O–H groups in total. The Hall–Kier alpha value is -2.46. The van der Waals surface area contributed by atoms with E-state index in [2.05, 4.69) is 15.5 Å². The van der Waals surface area contributed by atoms with E-state index in [1.54, 1.807) is 4.90 Å². The van der Waals surface area contributed by atoms with Crippen molar-refractivity contribution < 1.29 is 23.9 Å². The van der Waals surface area contributed by atoms with E-state index in [4.69, 9.17) is 9.47 Å². The van der Waals surface area contributed by atoms with Crippen LogP contribution in [0.1, 0.15) is 20.8 Å². The maximum absolute atomic E-state index is 12.4. The van der Waals surface area contributed by atoms with Crippen LogP contribution < -0.4 is 15.5 Å². The monoisotopic (exact) mass is 434 g/mol. The molecular formula is C20H26N4O5S. The van der Waals surface area contributed by atoms with E-state index < -0.39 is 17.8 Å². The van der Waals surface area contributed by atoms with Crippen LogP contribution in [0.3, 0.4) is 0 Å². The van der Waals surface area contributed by atoms with Crippen molar-refractivity contribution in [3.8, 4) is 0 Å². The van der Waals surface area contributed by atoms with Crippen LogP contribution in [0.4, 0.5) is 21.0 Å². The molecule has 0 saturated carbocycles. The molecule has 9 nitrogen and oxygen atoms in total. The Labute approximate surface area is 179 Å². The van der Waals surface area contributed by atoms with Gasteiger partial charge in [-0.05, 0) is 39.0 Å². The summed E-state index contributed by atoms with van der Waals surface area (Å²) in [5.41, 5.74) is 0.911. The van der Waals surface area contributed by atoms with Crippen molar-refractivity contribution in [2.24, 2.45) is 0 Å². The first-order valence-corrected chi connectivity index (χ1v) is 10.9. The Balaban J connectivity index is 1.27. The molecule has 0 aliphatic carbocycles. The zero-order valence-corrected chi connectivity index (χ0v) is 18.1. The molecule has 3 heterocycles. The van der Waals surface area contributed by atoms with Gasteiger partial charge in [0.2, 0.25) is 5.91 Å². The number of benzene rings is 1. The number of ether oxygens (including phenoxy) is 2. The quantitative estimate of drug-likeness (QED) is 0.750. The van der Waals surface area contributed by atoms with Gasteiger partial charge in [-0.1, -0.05) is 0 Å². The van der Waals surface area contributed by atoms with Crippen LogP contribution in [-0.4, -0.2) is 72.7 Å². The van der Waals surface area contributed by atoms with E-state index >= 15 is 0 Å². The zero-order chi connectivity index (χ0) is 21.5. The van der Waals surface area contributed by atoms with E-state index in [1.165, 1.54) is 11.8 Å². The third kappa shape index (κ3) is 4.81.